The molecule has 5 nitrogen and oxygen atoms in total. The van der Waals surface area contributed by atoms with Crippen LogP contribution in [0, 0.1) is 0 Å². The average molecular weight is 432 g/mol. The third kappa shape index (κ3) is 4.74. The number of amides is 1. The van der Waals surface area contributed by atoms with Gasteiger partial charge in [0.25, 0.3) is 0 Å². The molecule has 29 heavy (non-hydrogen) atoms. The van der Waals surface area contributed by atoms with Gasteiger partial charge in [-0.05, 0) is 49.1 Å². The number of carbonyl (C=O) groups excluding carboxylic acids is 1. The van der Waals surface area contributed by atoms with Crippen LogP contribution < -0.4 is 5.32 Å². The van der Waals surface area contributed by atoms with Gasteiger partial charge in [-0.3, -0.25) is 4.79 Å². The maximum atomic E-state index is 12.1. The number of hydrogen-bond acceptors (Lipinski definition) is 3. The number of para-hydroxylation sites is 2. The van der Waals surface area contributed by atoms with Gasteiger partial charge in [0.05, 0.1) is 21.1 Å². The lowest BCUT2D eigenvalue weighted by molar-refractivity contribution is -0.130. The van der Waals surface area contributed by atoms with Crippen molar-refractivity contribution in [3.8, 4) is 0 Å². The van der Waals surface area contributed by atoms with E-state index in [2.05, 4.69) is 16.0 Å². The Balaban J connectivity index is 1.46. The summed E-state index contributed by atoms with van der Waals surface area (Å²) < 4.78 is 7.63. The van der Waals surface area contributed by atoms with Gasteiger partial charge in [-0.15, -0.1) is 0 Å². The highest BCUT2D eigenvalue weighted by atomic mass is 35.5. The summed E-state index contributed by atoms with van der Waals surface area (Å²) in [6.45, 7) is 1.94. The minimum atomic E-state index is -0.283. The van der Waals surface area contributed by atoms with Gasteiger partial charge in [0.2, 0.25) is 5.91 Å². The number of imidazole rings is 1. The van der Waals surface area contributed by atoms with Crippen molar-refractivity contribution in [1.82, 2.24) is 14.9 Å². The lowest BCUT2D eigenvalue weighted by atomic mass is 10.2. The molecule has 3 aromatic rings. The first kappa shape index (κ1) is 20.2. The molecular formula is C22H23Cl2N3O2. The molecule has 0 radical (unpaired) electrons. The Bertz CT molecular complexity index is 1010. The van der Waals surface area contributed by atoms with Gasteiger partial charge in [0.15, 0.2) is 0 Å². The minimum Gasteiger partial charge on any atom is -0.368 e. The highest BCUT2D eigenvalue weighted by Crippen LogP contribution is 2.25. The fraction of sp³-hybridized carbons (Fsp3) is 0.364. The molecule has 2 heterocycles. The van der Waals surface area contributed by atoms with Gasteiger partial charge in [0, 0.05) is 26.1 Å². The monoisotopic (exact) mass is 431 g/mol. The number of aromatic nitrogens is 2. The molecule has 2 aromatic carbocycles. The van der Waals surface area contributed by atoms with E-state index in [-0.39, 0.29) is 12.0 Å². The van der Waals surface area contributed by atoms with Crippen LogP contribution in [0.25, 0.3) is 11.0 Å². The van der Waals surface area contributed by atoms with E-state index in [1.165, 1.54) is 0 Å². The minimum absolute atomic E-state index is 0.00758. The van der Waals surface area contributed by atoms with E-state index in [9.17, 15) is 4.79 Å². The molecule has 4 rings (SSSR count). The largest absolute Gasteiger partial charge is 0.368 e. The van der Waals surface area contributed by atoms with Crippen LogP contribution >= 0.6 is 23.2 Å². The van der Waals surface area contributed by atoms with Gasteiger partial charge >= 0.3 is 0 Å². The summed E-state index contributed by atoms with van der Waals surface area (Å²) in [5, 5.41) is 4.08. The lowest BCUT2D eigenvalue weighted by Crippen LogP contribution is -2.34. The number of ether oxygens (including phenoxy) is 1. The zero-order valence-electron chi connectivity index (χ0n) is 16.0. The van der Waals surface area contributed by atoms with Crippen LogP contribution in [-0.2, 0) is 22.5 Å². The number of hydrogen-bond donors (Lipinski definition) is 1. The molecule has 1 aliphatic heterocycles. The number of carbonyl (C=O) groups is 1. The molecule has 0 bridgehead atoms. The molecule has 1 N–H and O–H groups in total. The van der Waals surface area contributed by atoms with Crippen molar-refractivity contribution in [2.45, 2.75) is 38.3 Å². The summed E-state index contributed by atoms with van der Waals surface area (Å²) in [4.78, 5) is 16.9. The summed E-state index contributed by atoms with van der Waals surface area (Å²) in [7, 11) is 0. The van der Waals surface area contributed by atoms with E-state index in [0.717, 1.165) is 48.1 Å². The van der Waals surface area contributed by atoms with Crippen LogP contribution in [0.15, 0.2) is 42.5 Å². The van der Waals surface area contributed by atoms with E-state index < -0.39 is 0 Å². The van der Waals surface area contributed by atoms with Gasteiger partial charge in [-0.1, -0.05) is 41.4 Å². The van der Waals surface area contributed by atoms with Crippen LogP contribution in [0.2, 0.25) is 10.0 Å². The fourth-order valence-corrected chi connectivity index (χ4v) is 3.99. The molecule has 152 valence electrons. The van der Waals surface area contributed by atoms with Gasteiger partial charge in [0.1, 0.15) is 11.9 Å². The van der Waals surface area contributed by atoms with E-state index in [0.29, 0.717) is 29.7 Å². The summed E-state index contributed by atoms with van der Waals surface area (Å²) in [5.41, 5.74) is 3.11. The molecule has 1 amide bonds. The summed E-state index contributed by atoms with van der Waals surface area (Å²) >= 11 is 12.2. The Morgan fingerprint density at radius 1 is 1.21 bits per heavy atom. The SMILES string of the molecule is O=C(NCCCc1nc2ccccc2n1Cc1ccc(Cl)c(Cl)c1)C1CCCO1. The van der Waals surface area contributed by atoms with Crippen LogP contribution in [0.4, 0.5) is 0 Å². The molecule has 1 aromatic heterocycles. The maximum absolute atomic E-state index is 12.1. The topological polar surface area (TPSA) is 56.2 Å². The van der Waals surface area contributed by atoms with E-state index in [1.54, 1.807) is 0 Å². The molecule has 0 aliphatic carbocycles. The molecule has 1 atom stereocenters. The Labute approximate surface area is 180 Å². The Morgan fingerprint density at radius 2 is 2.07 bits per heavy atom. The number of fused-ring (bicyclic) bond motifs is 1. The standard InChI is InChI=1S/C22H23Cl2N3O2/c23-16-10-9-15(13-17(16)24)14-27-19-6-2-1-5-18(19)26-21(27)8-3-11-25-22(28)20-7-4-12-29-20/h1-2,5-6,9-10,13,20H,3-4,7-8,11-12,14H2,(H,25,28). The lowest BCUT2D eigenvalue weighted by Gasteiger charge is -2.12. The third-order valence-electron chi connectivity index (χ3n) is 5.16. The number of nitrogens with zero attached hydrogens (tertiary/aromatic N) is 2. The number of aryl methyl sites for hydroxylation is 1. The van der Waals surface area contributed by atoms with Crippen molar-refractivity contribution in [2.75, 3.05) is 13.2 Å². The Kier molecular flexibility index (Phi) is 6.38. The normalized spacial score (nSPS) is 16.4. The van der Waals surface area contributed by atoms with Crippen molar-refractivity contribution in [1.29, 1.82) is 0 Å². The van der Waals surface area contributed by atoms with Crippen molar-refractivity contribution < 1.29 is 9.53 Å². The van der Waals surface area contributed by atoms with Crippen molar-refractivity contribution in [3.63, 3.8) is 0 Å². The highest BCUT2D eigenvalue weighted by molar-refractivity contribution is 6.42. The molecule has 1 unspecified atom stereocenters. The fourth-order valence-electron chi connectivity index (χ4n) is 3.67. The van der Waals surface area contributed by atoms with Crippen LogP contribution in [0.3, 0.4) is 0 Å². The number of benzene rings is 2. The molecule has 1 aliphatic rings. The number of halogens is 2. The zero-order valence-corrected chi connectivity index (χ0v) is 17.5. The average Bonchev–Trinajstić information content (AvgIpc) is 3.37. The summed E-state index contributed by atoms with van der Waals surface area (Å²) in [5.74, 6) is 0.982. The second kappa shape index (κ2) is 9.16. The predicted octanol–water partition coefficient (Wildman–Crippen LogP) is 4.62. The van der Waals surface area contributed by atoms with Gasteiger partial charge in [-0.2, -0.15) is 0 Å². The smallest absolute Gasteiger partial charge is 0.249 e. The van der Waals surface area contributed by atoms with Crippen molar-refractivity contribution in [3.05, 3.63) is 63.9 Å². The van der Waals surface area contributed by atoms with E-state index >= 15 is 0 Å². The molecular weight excluding hydrogens is 409 g/mol. The second-order valence-electron chi connectivity index (χ2n) is 7.25. The first-order valence-corrected chi connectivity index (χ1v) is 10.6. The van der Waals surface area contributed by atoms with Gasteiger partial charge in [-0.25, -0.2) is 4.98 Å². The third-order valence-corrected chi connectivity index (χ3v) is 5.90. The quantitative estimate of drug-likeness (QED) is 0.555. The van der Waals surface area contributed by atoms with E-state index in [1.807, 2.05) is 36.4 Å². The molecule has 1 fully saturated rings. The zero-order chi connectivity index (χ0) is 20.2. The number of nitrogens with one attached hydrogen (secondary N) is 1. The Morgan fingerprint density at radius 3 is 2.86 bits per heavy atom. The van der Waals surface area contributed by atoms with Crippen molar-refractivity contribution >= 4 is 40.1 Å². The van der Waals surface area contributed by atoms with Gasteiger partial charge < -0.3 is 14.6 Å². The van der Waals surface area contributed by atoms with Crippen LogP contribution in [-0.4, -0.2) is 34.7 Å². The molecule has 7 heteroatoms. The first-order chi connectivity index (χ1) is 14.1. The molecule has 0 spiro atoms. The van der Waals surface area contributed by atoms with Crippen LogP contribution in [0.5, 0.6) is 0 Å². The predicted molar refractivity (Wildman–Crippen MR) is 116 cm³/mol. The van der Waals surface area contributed by atoms with Crippen molar-refractivity contribution in [2.24, 2.45) is 0 Å². The number of rotatable bonds is 7. The second-order valence-corrected chi connectivity index (χ2v) is 8.06. The van der Waals surface area contributed by atoms with Crippen LogP contribution in [0.1, 0.15) is 30.7 Å². The first-order valence-electron chi connectivity index (χ1n) is 9.89. The molecule has 0 saturated carbocycles. The maximum Gasteiger partial charge on any atom is 0.249 e. The van der Waals surface area contributed by atoms with E-state index in [4.69, 9.17) is 32.9 Å². The summed E-state index contributed by atoms with van der Waals surface area (Å²) in [6.07, 6.45) is 3.06. The highest BCUT2D eigenvalue weighted by Gasteiger charge is 2.22. The Hall–Kier alpha value is -2.08. The summed E-state index contributed by atoms with van der Waals surface area (Å²) in [6, 6.07) is 13.8. The molecule has 1 saturated heterocycles.